The molecule has 0 amide bonds. The molecular formula is C17H23ClN2O2. The van der Waals surface area contributed by atoms with Crippen LogP contribution in [0.25, 0.3) is 11.3 Å². The minimum Gasteiger partial charge on any atom is -0.440 e. The number of rotatable bonds is 5. The molecule has 3 rings (SSSR count). The van der Waals surface area contributed by atoms with Crippen molar-refractivity contribution in [2.45, 2.75) is 32.3 Å². The summed E-state index contributed by atoms with van der Waals surface area (Å²) < 4.78 is 11.7. The second-order valence-electron chi connectivity index (χ2n) is 5.36. The van der Waals surface area contributed by atoms with Crippen molar-refractivity contribution in [1.82, 2.24) is 10.3 Å². The van der Waals surface area contributed by atoms with E-state index in [0.29, 0.717) is 19.1 Å². The number of ether oxygens (including phenoxy) is 1. The summed E-state index contributed by atoms with van der Waals surface area (Å²) in [5, 5.41) is 3.38. The summed E-state index contributed by atoms with van der Waals surface area (Å²) in [6.45, 7) is 5.26. The van der Waals surface area contributed by atoms with Crippen LogP contribution >= 0.6 is 12.4 Å². The first kappa shape index (κ1) is 17.0. The van der Waals surface area contributed by atoms with Gasteiger partial charge in [0.05, 0.1) is 6.61 Å². The van der Waals surface area contributed by atoms with Crippen LogP contribution < -0.4 is 5.32 Å². The van der Waals surface area contributed by atoms with Gasteiger partial charge in [0.25, 0.3) is 0 Å². The van der Waals surface area contributed by atoms with Crippen molar-refractivity contribution in [2.24, 2.45) is 0 Å². The molecule has 1 aliphatic rings. The molecular weight excluding hydrogens is 300 g/mol. The zero-order valence-corrected chi connectivity index (χ0v) is 13.7. The number of halogens is 1. The second kappa shape index (κ2) is 8.32. The summed E-state index contributed by atoms with van der Waals surface area (Å²) >= 11 is 0. The Bertz CT molecular complexity index is 565. The largest absolute Gasteiger partial charge is 0.440 e. The average molecular weight is 323 g/mol. The summed E-state index contributed by atoms with van der Waals surface area (Å²) in [5.74, 6) is 2.15. The molecule has 22 heavy (non-hydrogen) atoms. The van der Waals surface area contributed by atoms with Crippen molar-refractivity contribution < 1.29 is 9.15 Å². The number of hydrogen-bond donors (Lipinski definition) is 1. The smallest absolute Gasteiger partial charge is 0.198 e. The minimum atomic E-state index is 0. The van der Waals surface area contributed by atoms with Crippen LogP contribution in [0.4, 0.5) is 0 Å². The van der Waals surface area contributed by atoms with E-state index in [1.807, 2.05) is 25.1 Å². The average Bonchev–Trinajstić information content (AvgIpc) is 2.99. The van der Waals surface area contributed by atoms with Gasteiger partial charge in [0.1, 0.15) is 5.69 Å². The molecule has 0 saturated carbocycles. The predicted molar refractivity (Wildman–Crippen MR) is 89.4 cm³/mol. The zero-order chi connectivity index (χ0) is 14.5. The normalized spacial score (nSPS) is 15.5. The van der Waals surface area contributed by atoms with E-state index < -0.39 is 0 Å². The third-order valence-electron chi connectivity index (χ3n) is 3.88. The van der Waals surface area contributed by atoms with Gasteiger partial charge < -0.3 is 14.5 Å². The van der Waals surface area contributed by atoms with Crippen LogP contribution in [0.1, 0.15) is 37.3 Å². The van der Waals surface area contributed by atoms with E-state index >= 15 is 0 Å². The lowest BCUT2D eigenvalue weighted by molar-refractivity contribution is 0.131. The topological polar surface area (TPSA) is 47.3 Å². The maximum atomic E-state index is 6.12. The van der Waals surface area contributed by atoms with Gasteiger partial charge in [-0.2, -0.15) is 0 Å². The van der Waals surface area contributed by atoms with Gasteiger partial charge in [-0.3, -0.25) is 0 Å². The van der Waals surface area contributed by atoms with Crippen LogP contribution in [0.3, 0.4) is 0 Å². The van der Waals surface area contributed by atoms with Crippen molar-refractivity contribution in [3.05, 3.63) is 41.9 Å². The van der Waals surface area contributed by atoms with E-state index in [2.05, 4.69) is 17.4 Å². The van der Waals surface area contributed by atoms with Gasteiger partial charge in [0.2, 0.25) is 0 Å². The fourth-order valence-electron chi connectivity index (χ4n) is 2.73. The highest BCUT2D eigenvalue weighted by molar-refractivity contribution is 5.85. The Kier molecular flexibility index (Phi) is 6.43. The van der Waals surface area contributed by atoms with Gasteiger partial charge in [-0.1, -0.05) is 30.3 Å². The SMILES string of the molecule is CCOCc1nc(C2CCNCC2)oc1-c1ccccc1.Cl. The summed E-state index contributed by atoms with van der Waals surface area (Å²) in [6, 6.07) is 10.2. The molecule has 5 heteroatoms. The first-order valence-corrected chi connectivity index (χ1v) is 7.72. The lowest BCUT2D eigenvalue weighted by Crippen LogP contribution is -2.26. The molecule has 0 unspecified atom stereocenters. The number of oxazole rings is 1. The highest BCUT2D eigenvalue weighted by atomic mass is 35.5. The van der Waals surface area contributed by atoms with E-state index in [1.165, 1.54) is 0 Å². The fraction of sp³-hybridized carbons (Fsp3) is 0.471. The zero-order valence-electron chi connectivity index (χ0n) is 12.9. The van der Waals surface area contributed by atoms with Crippen LogP contribution in [0.5, 0.6) is 0 Å². The lowest BCUT2D eigenvalue weighted by Gasteiger charge is -2.19. The molecule has 1 saturated heterocycles. The summed E-state index contributed by atoms with van der Waals surface area (Å²) in [6.07, 6.45) is 2.17. The third kappa shape index (κ3) is 3.88. The Morgan fingerprint density at radius 2 is 1.95 bits per heavy atom. The van der Waals surface area contributed by atoms with E-state index in [1.54, 1.807) is 0 Å². The molecule has 0 spiro atoms. The van der Waals surface area contributed by atoms with E-state index in [0.717, 1.165) is 48.8 Å². The predicted octanol–water partition coefficient (Wildman–Crippen LogP) is 3.77. The van der Waals surface area contributed by atoms with Crippen LogP contribution in [-0.4, -0.2) is 24.7 Å². The van der Waals surface area contributed by atoms with Crippen LogP contribution in [0.2, 0.25) is 0 Å². The molecule has 1 aromatic heterocycles. The van der Waals surface area contributed by atoms with Crippen molar-refractivity contribution in [1.29, 1.82) is 0 Å². The Hall–Kier alpha value is -1.36. The Morgan fingerprint density at radius 3 is 2.64 bits per heavy atom. The second-order valence-corrected chi connectivity index (χ2v) is 5.36. The fourth-order valence-corrected chi connectivity index (χ4v) is 2.73. The van der Waals surface area contributed by atoms with Gasteiger partial charge in [-0.15, -0.1) is 12.4 Å². The molecule has 1 N–H and O–H groups in total. The minimum absolute atomic E-state index is 0. The van der Waals surface area contributed by atoms with Crippen molar-refractivity contribution in [2.75, 3.05) is 19.7 Å². The number of aromatic nitrogens is 1. The molecule has 1 aliphatic heterocycles. The van der Waals surface area contributed by atoms with Crippen molar-refractivity contribution >= 4 is 12.4 Å². The van der Waals surface area contributed by atoms with E-state index in [-0.39, 0.29) is 12.4 Å². The summed E-state index contributed by atoms with van der Waals surface area (Å²) in [5.41, 5.74) is 1.98. The summed E-state index contributed by atoms with van der Waals surface area (Å²) in [7, 11) is 0. The molecule has 2 aromatic rings. The molecule has 0 aliphatic carbocycles. The molecule has 0 atom stereocenters. The first-order chi connectivity index (χ1) is 10.4. The first-order valence-electron chi connectivity index (χ1n) is 7.72. The number of piperidine rings is 1. The lowest BCUT2D eigenvalue weighted by atomic mass is 9.98. The van der Waals surface area contributed by atoms with Gasteiger partial charge in [-0.25, -0.2) is 4.98 Å². The summed E-state index contributed by atoms with van der Waals surface area (Å²) in [4.78, 5) is 4.73. The van der Waals surface area contributed by atoms with E-state index in [4.69, 9.17) is 14.1 Å². The third-order valence-corrected chi connectivity index (χ3v) is 3.88. The van der Waals surface area contributed by atoms with Gasteiger partial charge in [0.15, 0.2) is 11.7 Å². The highest BCUT2D eigenvalue weighted by Gasteiger charge is 2.23. The molecule has 120 valence electrons. The molecule has 0 radical (unpaired) electrons. The molecule has 0 bridgehead atoms. The van der Waals surface area contributed by atoms with Gasteiger partial charge >= 0.3 is 0 Å². The Labute approximate surface area is 137 Å². The number of hydrogen-bond acceptors (Lipinski definition) is 4. The maximum Gasteiger partial charge on any atom is 0.198 e. The number of nitrogens with one attached hydrogen (secondary N) is 1. The molecule has 2 heterocycles. The number of nitrogens with zero attached hydrogens (tertiary/aromatic N) is 1. The van der Waals surface area contributed by atoms with Gasteiger partial charge in [-0.05, 0) is 32.9 Å². The maximum absolute atomic E-state index is 6.12. The van der Waals surface area contributed by atoms with Crippen molar-refractivity contribution in [3.63, 3.8) is 0 Å². The Balaban J connectivity index is 0.00000176. The standard InChI is InChI=1S/C17H22N2O2.ClH/c1-2-20-12-15-16(13-6-4-3-5-7-13)21-17(19-15)14-8-10-18-11-9-14;/h3-7,14,18H,2,8-12H2,1H3;1H. The monoisotopic (exact) mass is 322 g/mol. The molecule has 1 fully saturated rings. The highest BCUT2D eigenvalue weighted by Crippen LogP contribution is 2.31. The quantitative estimate of drug-likeness (QED) is 0.910. The van der Waals surface area contributed by atoms with E-state index in [9.17, 15) is 0 Å². The van der Waals surface area contributed by atoms with Crippen molar-refractivity contribution in [3.8, 4) is 11.3 Å². The number of benzene rings is 1. The van der Waals surface area contributed by atoms with Crippen LogP contribution in [0.15, 0.2) is 34.7 Å². The molecule has 1 aromatic carbocycles. The van der Waals surface area contributed by atoms with Gasteiger partial charge in [0, 0.05) is 18.1 Å². The van der Waals surface area contributed by atoms with Crippen LogP contribution in [0, 0.1) is 0 Å². The molecule has 4 nitrogen and oxygen atoms in total. The van der Waals surface area contributed by atoms with Crippen LogP contribution in [-0.2, 0) is 11.3 Å². The Morgan fingerprint density at radius 1 is 1.23 bits per heavy atom.